The Hall–Kier alpha value is -1.73. The number of nitrogens with one attached hydrogen (secondary N) is 1. The van der Waals surface area contributed by atoms with Gasteiger partial charge in [-0.05, 0) is 46.2 Å². The molecule has 0 spiro atoms. The molecular weight excluding hydrogens is 291 g/mol. The number of aliphatic hydroxyl groups excluding tert-OH is 2. The molecule has 0 aliphatic heterocycles. The number of rotatable bonds is 5. The summed E-state index contributed by atoms with van der Waals surface area (Å²) < 4.78 is 18.6. The first kappa shape index (κ1) is 18.3. The fourth-order valence-electron chi connectivity index (χ4n) is 1.74. The Bertz CT molecular complexity index is 517. The van der Waals surface area contributed by atoms with Crippen LogP contribution in [0.25, 0.3) is 0 Å². The first-order valence-electron chi connectivity index (χ1n) is 7.06. The molecule has 2 atom stereocenters. The summed E-state index contributed by atoms with van der Waals surface area (Å²) in [6, 6.07) is 2.66. The van der Waals surface area contributed by atoms with Crippen LogP contribution in [0, 0.1) is 12.7 Å². The van der Waals surface area contributed by atoms with Crippen molar-refractivity contribution in [3.8, 4) is 0 Å². The summed E-state index contributed by atoms with van der Waals surface area (Å²) in [6.07, 6.45) is -3.29. The molecule has 1 heterocycles. The third-order valence-electron chi connectivity index (χ3n) is 2.77. The number of amides is 1. The van der Waals surface area contributed by atoms with Crippen molar-refractivity contribution in [3.63, 3.8) is 0 Å². The third-order valence-corrected chi connectivity index (χ3v) is 2.77. The molecule has 1 aromatic heterocycles. The molecule has 0 aromatic carbocycles. The van der Waals surface area contributed by atoms with Gasteiger partial charge in [0.25, 0.3) is 0 Å². The Kier molecular flexibility index (Phi) is 6.25. The number of pyridine rings is 1. The summed E-state index contributed by atoms with van der Waals surface area (Å²) in [5.41, 5.74) is -0.282. The van der Waals surface area contributed by atoms with Crippen LogP contribution in [0.4, 0.5) is 9.18 Å². The van der Waals surface area contributed by atoms with Gasteiger partial charge in [-0.3, -0.25) is 4.98 Å². The molecule has 3 N–H and O–H groups in total. The summed E-state index contributed by atoms with van der Waals surface area (Å²) in [4.78, 5) is 15.3. The minimum atomic E-state index is -1.46. The number of halogens is 1. The van der Waals surface area contributed by atoms with Crippen LogP contribution in [0.3, 0.4) is 0 Å². The van der Waals surface area contributed by atoms with Crippen molar-refractivity contribution < 1.29 is 24.1 Å². The third kappa shape index (κ3) is 5.95. The zero-order chi connectivity index (χ0) is 16.9. The van der Waals surface area contributed by atoms with Crippen LogP contribution in [0.2, 0.25) is 0 Å². The maximum atomic E-state index is 13.6. The molecule has 0 radical (unpaired) electrons. The van der Waals surface area contributed by atoms with E-state index in [-0.39, 0.29) is 18.7 Å². The Morgan fingerprint density at radius 1 is 1.41 bits per heavy atom. The predicted molar refractivity (Wildman–Crippen MR) is 78.8 cm³/mol. The molecular formula is C15H23FN2O4. The van der Waals surface area contributed by atoms with Gasteiger partial charge < -0.3 is 20.3 Å². The van der Waals surface area contributed by atoms with Gasteiger partial charge in [0.05, 0.1) is 6.10 Å². The van der Waals surface area contributed by atoms with E-state index in [1.807, 2.05) is 0 Å². The number of aliphatic hydroxyl groups is 2. The Morgan fingerprint density at radius 2 is 2.05 bits per heavy atom. The van der Waals surface area contributed by atoms with Crippen LogP contribution < -0.4 is 5.32 Å². The second-order valence-corrected chi connectivity index (χ2v) is 6.05. The molecule has 1 rings (SSSR count). The molecule has 1 amide bonds. The first-order valence-corrected chi connectivity index (χ1v) is 7.06. The van der Waals surface area contributed by atoms with Crippen molar-refractivity contribution in [2.75, 3.05) is 6.54 Å². The number of hydrogen-bond donors (Lipinski definition) is 3. The van der Waals surface area contributed by atoms with Gasteiger partial charge in [0.2, 0.25) is 0 Å². The van der Waals surface area contributed by atoms with E-state index >= 15 is 0 Å². The second-order valence-electron chi connectivity index (χ2n) is 6.05. The lowest BCUT2D eigenvalue weighted by Crippen LogP contribution is -2.34. The number of hydrogen-bond acceptors (Lipinski definition) is 5. The quantitative estimate of drug-likeness (QED) is 0.771. The minimum absolute atomic E-state index is 0.0372. The maximum Gasteiger partial charge on any atom is 0.407 e. The van der Waals surface area contributed by atoms with Gasteiger partial charge in [0.15, 0.2) is 0 Å². The molecule has 1 aromatic rings. The van der Waals surface area contributed by atoms with Gasteiger partial charge in [-0.2, -0.15) is 0 Å². The number of aromatic nitrogens is 1. The minimum Gasteiger partial charge on any atom is -0.444 e. The summed E-state index contributed by atoms with van der Waals surface area (Å²) in [5, 5.41) is 22.3. The lowest BCUT2D eigenvalue weighted by Gasteiger charge is -2.21. The largest absolute Gasteiger partial charge is 0.444 e. The second kappa shape index (κ2) is 7.51. The van der Waals surface area contributed by atoms with Gasteiger partial charge in [-0.15, -0.1) is 0 Å². The van der Waals surface area contributed by atoms with Crippen molar-refractivity contribution in [3.05, 3.63) is 29.3 Å². The Morgan fingerprint density at radius 3 is 2.64 bits per heavy atom. The Labute approximate surface area is 129 Å². The number of carbonyl (C=O) groups is 1. The fraction of sp³-hybridized carbons (Fsp3) is 0.600. The molecule has 0 saturated heterocycles. The van der Waals surface area contributed by atoms with Gasteiger partial charge in [-0.1, -0.05) is 0 Å². The topological polar surface area (TPSA) is 91.7 Å². The van der Waals surface area contributed by atoms with Gasteiger partial charge >= 0.3 is 6.09 Å². The van der Waals surface area contributed by atoms with Crippen LogP contribution in [0.15, 0.2) is 12.1 Å². The molecule has 0 fully saturated rings. The van der Waals surface area contributed by atoms with Gasteiger partial charge in [0, 0.05) is 12.2 Å². The SMILES string of the molecule is Cc1ccc(F)c(C(O)C(O)CCNC(=O)OC(C)(C)C)n1. The molecule has 7 heteroatoms. The fourth-order valence-corrected chi connectivity index (χ4v) is 1.74. The standard InChI is InChI=1S/C15H23FN2O4/c1-9-5-6-10(16)12(18-9)13(20)11(19)7-8-17-14(21)22-15(2,3)4/h5-6,11,13,19-20H,7-8H2,1-4H3,(H,17,21). The normalized spacial score (nSPS) is 14.3. The maximum absolute atomic E-state index is 13.6. The average Bonchev–Trinajstić information content (AvgIpc) is 2.38. The van der Waals surface area contributed by atoms with Crippen LogP contribution in [0.5, 0.6) is 0 Å². The molecule has 22 heavy (non-hydrogen) atoms. The van der Waals surface area contributed by atoms with Crippen molar-refractivity contribution in [1.82, 2.24) is 10.3 Å². The lowest BCUT2D eigenvalue weighted by atomic mass is 10.1. The number of alkyl carbamates (subject to hydrolysis) is 1. The highest BCUT2D eigenvalue weighted by Crippen LogP contribution is 2.20. The van der Waals surface area contributed by atoms with E-state index < -0.39 is 29.7 Å². The van der Waals surface area contributed by atoms with Gasteiger partial charge in [-0.25, -0.2) is 9.18 Å². The van der Waals surface area contributed by atoms with Crippen LogP contribution in [-0.4, -0.2) is 39.5 Å². The Balaban J connectivity index is 2.50. The van der Waals surface area contributed by atoms with E-state index in [1.54, 1.807) is 27.7 Å². The molecule has 0 aliphatic rings. The highest BCUT2D eigenvalue weighted by Gasteiger charge is 2.23. The van der Waals surface area contributed by atoms with Gasteiger partial charge in [0.1, 0.15) is 23.2 Å². The van der Waals surface area contributed by atoms with Crippen molar-refractivity contribution in [2.24, 2.45) is 0 Å². The molecule has 2 unspecified atom stereocenters. The molecule has 0 bridgehead atoms. The van der Waals surface area contributed by atoms with E-state index in [0.717, 1.165) is 0 Å². The molecule has 6 nitrogen and oxygen atoms in total. The van der Waals surface area contributed by atoms with Crippen molar-refractivity contribution >= 4 is 6.09 Å². The number of carbonyl (C=O) groups excluding carboxylic acids is 1. The lowest BCUT2D eigenvalue weighted by molar-refractivity contribution is 0.00774. The summed E-state index contributed by atoms with van der Waals surface area (Å²) in [5.74, 6) is -0.683. The number of nitrogens with zero attached hydrogens (tertiary/aromatic N) is 1. The number of ether oxygens (including phenoxy) is 1. The highest BCUT2D eigenvalue weighted by molar-refractivity contribution is 5.67. The van der Waals surface area contributed by atoms with E-state index in [1.165, 1.54) is 12.1 Å². The first-order chi connectivity index (χ1) is 10.1. The average molecular weight is 314 g/mol. The van der Waals surface area contributed by atoms with Crippen LogP contribution in [0.1, 0.15) is 44.7 Å². The zero-order valence-corrected chi connectivity index (χ0v) is 13.3. The smallest absolute Gasteiger partial charge is 0.407 e. The number of aryl methyl sites for hydroxylation is 1. The summed E-state index contributed by atoms with van der Waals surface area (Å²) >= 11 is 0. The molecule has 0 aliphatic carbocycles. The van der Waals surface area contributed by atoms with Crippen LogP contribution in [-0.2, 0) is 4.74 Å². The highest BCUT2D eigenvalue weighted by atomic mass is 19.1. The van der Waals surface area contributed by atoms with Crippen LogP contribution >= 0.6 is 0 Å². The molecule has 124 valence electrons. The van der Waals surface area contributed by atoms with E-state index in [4.69, 9.17) is 4.74 Å². The monoisotopic (exact) mass is 314 g/mol. The molecule has 0 saturated carbocycles. The predicted octanol–water partition coefficient (Wildman–Crippen LogP) is 1.84. The summed E-state index contributed by atoms with van der Waals surface area (Å²) in [7, 11) is 0. The van der Waals surface area contributed by atoms with E-state index in [0.29, 0.717) is 5.69 Å². The van der Waals surface area contributed by atoms with Crippen molar-refractivity contribution in [1.29, 1.82) is 0 Å². The van der Waals surface area contributed by atoms with E-state index in [2.05, 4.69) is 10.3 Å². The van der Waals surface area contributed by atoms with E-state index in [9.17, 15) is 19.4 Å². The summed E-state index contributed by atoms with van der Waals surface area (Å²) in [6.45, 7) is 6.94. The zero-order valence-electron chi connectivity index (χ0n) is 13.3. The van der Waals surface area contributed by atoms with Crippen molar-refractivity contribution in [2.45, 2.75) is 51.9 Å².